The van der Waals surface area contributed by atoms with E-state index in [1.807, 2.05) is 29.2 Å². The lowest BCUT2D eigenvalue weighted by Crippen LogP contribution is -2.58. The van der Waals surface area contributed by atoms with Crippen LogP contribution in [0.25, 0.3) is 0 Å². The number of hydrogen-bond acceptors (Lipinski definition) is 7. The van der Waals surface area contributed by atoms with E-state index in [1.165, 1.54) is 11.1 Å². The standard InChI is InChI=1S/C35H43Br2N7O4/c36-28-21-24(22-29(37)32(28)45)23-31(41-35(48)44-15-10-25-5-1-2-6-26(25)11-16-44)33(46)40-30(7-3-4-12-38)34(47)43-19-17-42(18-20-43)27-8-13-39-14-9-27/h1-2,5-6,8-9,13-14,21-22,30-31,45H,3-4,7,10-12,15-20,23,38H2,(H,40,46)(H,41,48)/t30-,31+/m0/s1. The maximum Gasteiger partial charge on any atom is 0.318 e. The number of fused-ring (bicyclic) bond motifs is 1. The highest BCUT2D eigenvalue weighted by Crippen LogP contribution is 2.33. The van der Waals surface area contributed by atoms with Crippen LogP contribution in [0.2, 0.25) is 0 Å². The Kier molecular flexibility index (Phi) is 12.7. The molecule has 1 saturated heterocycles. The lowest BCUT2D eigenvalue weighted by Gasteiger charge is -2.38. The maximum absolute atomic E-state index is 14.1. The molecular weight excluding hydrogens is 742 g/mol. The summed E-state index contributed by atoms with van der Waals surface area (Å²) in [5.41, 5.74) is 9.99. The zero-order valence-corrected chi connectivity index (χ0v) is 30.1. The van der Waals surface area contributed by atoms with Crippen LogP contribution < -0.4 is 21.3 Å². The fourth-order valence-electron chi connectivity index (χ4n) is 6.27. The van der Waals surface area contributed by atoms with Crippen LogP contribution in [0.3, 0.4) is 0 Å². The molecule has 2 atom stereocenters. The minimum absolute atomic E-state index is 0.0440. The minimum Gasteiger partial charge on any atom is -0.506 e. The van der Waals surface area contributed by atoms with E-state index in [0.717, 1.165) is 24.9 Å². The topological polar surface area (TPSA) is 144 Å². The summed E-state index contributed by atoms with van der Waals surface area (Å²) in [5, 5.41) is 16.3. The molecule has 0 radical (unpaired) electrons. The van der Waals surface area contributed by atoms with Crippen molar-refractivity contribution in [3.63, 3.8) is 0 Å². The number of benzene rings is 2. The number of hydrogen-bond donors (Lipinski definition) is 4. The predicted molar refractivity (Wildman–Crippen MR) is 193 cm³/mol. The number of urea groups is 1. The Labute approximate surface area is 298 Å². The van der Waals surface area contributed by atoms with Gasteiger partial charge in [0.15, 0.2) is 0 Å². The summed E-state index contributed by atoms with van der Waals surface area (Å²) in [6.45, 7) is 3.93. The highest BCUT2D eigenvalue weighted by molar-refractivity contribution is 9.11. The Morgan fingerprint density at radius 2 is 1.46 bits per heavy atom. The number of phenols is 1. The zero-order chi connectivity index (χ0) is 34.0. The van der Waals surface area contributed by atoms with E-state index in [1.54, 1.807) is 29.4 Å². The third kappa shape index (κ3) is 9.26. The number of amides is 4. The number of nitrogens with one attached hydrogen (secondary N) is 2. The first-order valence-corrected chi connectivity index (χ1v) is 18.1. The molecule has 1 fully saturated rings. The summed E-state index contributed by atoms with van der Waals surface area (Å²) in [5.74, 6) is -0.536. The number of unbranched alkanes of at least 4 members (excludes halogenated alkanes) is 1. The monoisotopic (exact) mass is 783 g/mol. The van der Waals surface area contributed by atoms with E-state index in [2.05, 4.69) is 64.5 Å². The van der Waals surface area contributed by atoms with Crippen LogP contribution in [0.4, 0.5) is 10.5 Å². The van der Waals surface area contributed by atoms with Crippen molar-refractivity contribution in [2.75, 3.05) is 50.7 Å². The lowest BCUT2D eigenvalue weighted by molar-refractivity contribution is -0.137. The van der Waals surface area contributed by atoms with Crippen molar-refractivity contribution < 1.29 is 19.5 Å². The molecule has 256 valence electrons. The van der Waals surface area contributed by atoms with Gasteiger partial charge in [0.1, 0.15) is 17.8 Å². The van der Waals surface area contributed by atoms with Gasteiger partial charge in [0.05, 0.1) is 8.95 Å². The van der Waals surface area contributed by atoms with Gasteiger partial charge in [-0.1, -0.05) is 24.3 Å². The fourth-order valence-corrected chi connectivity index (χ4v) is 7.56. The highest BCUT2D eigenvalue weighted by atomic mass is 79.9. The molecule has 5 N–H and O–H groups in total. The predicted octanol–water partition coefficient (Wildman–Crippen LogP) is 4.00. The average molecular weight is 786 g/mol. The molecule has 11 nitrogen and oxygen atoms in total. The third-order valence-corrected chi connectivity index (χ3v) is 10.2. The minimum atomic E-state index is -0.972. The molecule has 0 bridgehead atoms. The highest BCUT2D eigenvalue weighted by Gasteiger charge is 2.32. The zero-order valence-electron chi connectivity index (χ0n) is 26.9. The molecule has 2 aliphatic heterocycles. The van der Waals surface area contributed by atoms with Gasteiger partial charge in [0, 0.05) is 63.8 Å². The Bertz CT molecular complexity index is 1520. The number of pyridine rings is 1. The van der Waals surface area contributed by atoms with Crippen molar-refractivity contribution in [2.24, 2.45) is 5.73 Å². The van der Waals surface area contributed by atoms with Crippen LogP contribution in [0, 0.1) is 0 Å². The van der Waals surface area contributed by atoms with Gasteiger partial charge in [-0.25, -0.2) is 4.79 Å². The second-order valence-corrected chi connectivity index (χ2v) is 13.9. The van der Waals surface area contributed by atoms with Gasteiger partial charge in [0.2, 0.25) is 11.8 Å². The van der Waals surface area contributed by atoms with E-state index in [4.69, 9.17) is 5.73 Å². The summed E-state index contributed by atoms with van der Waals surface area (Å²) >= 11 is 6.75. The number of piperazine rings is 1. The first-order valence-electron chi connectivity index (χ1n) is 16.5. The summed E-state index contributed by atoms with van der Waals surface area (Å²) in [4.78, 5) is 51.6. The Hall–Kier alpha value is -3.68. The van der Waals surface area contributed by atoms with Crippen LogP contribution in [-0.4, -0.2) is 95.6 Å². The Morgan fingerprint density at radius 1 is 0.833 bits per heavy atom. The number of aromatic hydroxyl groups is 1. The van der Waals surface area contributed by atoms with E-state index >= 15 is 0 Å². The molecule has 3 aromatic rings. The molecule has 0 saturated carbocycles. The molecule has 0 aliphatic carbocycles. The second-order valence-electron chi connectivity index (χ2n) is 12.2. The molecule has 13 heteroatoms. The quantitative estimate of drug-likeness (QED) is 0.216. The molecule has 1 aromatic heterocycles. The molecule has 48 heavy (non-hydrogen) atoms. The van der Waals surface area contributed by atoms with Crippen LogP contribution >= 0.6 is 31.9 Å². The van der Waals surface area contributed by atoms with Gasteiger partial charge in [-0.15, -0.1) is 0 Å². The van der Waals surface area contributed by atoms with E-state index in [0.29, 0.717) is 73.2 Å². The van der Waals surface area contributed by atoms with Crippen molar-refractivity contribution in [3.05, 3.63) is 86.6 Å². The smallest absolute Gasteiger partial charge is 0.318 e. The Balaban J connectivity index is 1.31. The second kappa shape index (κ2) is 17.1. The van der Waals surface area contributed by atoms with Crippen molar-refractivity contribution in [2.45, 2.75) is 50.6 Å². The number of carbonyl (C=O) groups excluding carboxylic acids is 3. The molecule has 2 aliphatic rings. The average Bonchev–Trinajstić information content (AvgIpc) is 3.33. The van der Waals surface area contributed by atoms with Crippen molar-refractivity contribution in [1.29, 1.82) is 0 Å². The van der Waals surface area contributed by atoms with E-state index < -0.39 is 18.0 Å². The van der Waals surface area contributed by atoms with Gasteiger partial charge in [0.25, 0.3) is 0 Å². The third-order valence-electron chi connectivity index (χ3n) is 9.02. The van der Waals surface area contributed by atoms with E-state index in [-0.39, 0.29) is 24.1 Å². The number of anilines is 1. The number of aromatic nitrogens is 1. The largest absolute Gasteiger partial charge is 0.506 e. The first kappa shape index (κ1) is 35.6. The molecule has 0 unspecified atom stereocenters. The lowest BCUT2D eigenvalue weighted by atomic mass is 10.0. The molecule has 0 spiro atoms. The van der Waals surface area contributed by atoms with Gasteiger partial charge < -0.3 is 36.2 Å². The molecular formula is C35H43Br2N7O4. The van der Waals surface area contributed by atoms with Crippen LogP contribution in [0.5, 0.6) is 5.75 Å². The van der Waals surface area contributed by atoms with E-state index in [9.17, 15) is 19.5 Å². The number of rotatable bonds is 11. The number of halogens is 2. The fraction of sp³-hybridized carbons (Fsp3) is 0.429. The van der Waals surface area contributed by atoms with Crippen molar-refractivity contribution in [3.8, 4) is 5.75 Å². The summed E-state index contributed by atoms with van der Waals surface area (Å²) in [6.07, 6.45) is 6.95. The van der Waals surface area contributed by atoms with Gasteiger partial charge in [-0.2, -0.15) is 0 Å². The van der Waals surface area contributed by atoms with Gasteiger partial charge in [-0.3, -0.25) is 14.6 Å². The Morgan fingerprint density at radius 3 is 2.06 bits per heavy atom. The molecule has 5 rings (SSSR count). The summed E-state index contributed by atoms with van der Waals surface area (Å²) in [7, 11) is 0. The first-order chi connectivity index (χ1) is 23.2. The van der Waals surface area contributed by atoms with Crippen LogP contribution in [-0.2, 0) is 28.9 Å². The number of carbonyl (C=O) groups is 3. The normalized spacial score (nSPS) is 16.0. The molecule has 4 amide bonds. The summed E-state index contributed by atoms with van der Waals surface area (Å²) in [6, 6.07) is 13.5. The number of nitrogens with two attached hydrogens (primary N) is 1. The number of phenolic OH excluding ortho intramolecular Hbond substituents is 1. The van der Waals surface area contributed by atoms with Crippen LogP contribution in [0.15, 0.2) is 69.9 Å². The van der Waals surface area contributed by atoms with Crippen molar-refractivity contribution >= 4 is 55.4 Å². The number of nitrogens with zero attached hydrogens (tertiary/aromatic N) is 4. The van der Waals surface area contributed by atoms with Crippen molar-refractivity contribution in [1.82, 2.24) is 25.4 Å². The molecule has 3 heterocycles. The van der Waals surface area contributed by atoms with Crippen LogP contribution in [0.1, 0.15) is 36.0 Å². The molecule has 2 aromatic carbocycles. The van der Waals surface area contributed by atoms with Gasteiger partial charge >= 0.3 is 6.03 Å². The summed E-state index contributed by atoms with van der Waals surface area (Å²) < 4.78 is 0.923. The van der Waals surface area contributed by atoms with Gasteiger partial charge in [-0.05, 0) is 111 Å². The SMILES string of the molecule is NCCCC[C@H](NC(=O)[C@@H](Cc1cc(Br)c(O)c(Br)c1)NC(=O)N1CCc2ccccc2CC1)C(=O)N1CCN(c2ccncc2)CC1. The maximum atomic E-state index is 14.1.